The van der Waals surface area contributed by atoms with Gasteiger partial charge < -0.3 is 0 Å². The van der Waals surface area contributed by atoms with Gasteiger partial charge in [0.05, 0.1) is 11.3 Å². The zero-order valence-corrected chi connectivity index (χ0v) is 8.21. The first-order valence-corrected chi connectivity index (χ1v) is 4.27. The molecular formula is C9H7F5N2O. The predicted octanol–water partition coefficient (Wildman–Crippen LogP) is 2.18. The van der Waals surface area contributed by atoms with E-state index in [1.54, 1.807) is 0 Å². The number of nitrogens with two attached hydrogens (primary N) is 1. The van der Waals surface area contributed by atoms with Crippen LogP contribution in [-0.2, 0) is 11.0 Å². The highest BCUT2D eigenvalue weighted by Gasteiger charge is 2.30. The maximum absolute atomic E-state index is 12.2. The average Bonchev–Trinajstić information content (AvgIpc) is 2.26. The summed E-state index contributed by atoms with van der Waals surface area (Å²) in [5, 5.41) is 0.102. The number of rotatable bonds is 2. The number of amides is 1. The van der Waals surface area contributed by atoms with Gasteiger partial charge in [0.1, 0.15) is 0 Å². The zero-order chi connectivity index (χ0) is 13.2. The van der Waals surface area contributed by atoms with Crippen LogP contribution in [0.5, 0.6) is 0 Å². The van der Waals surface area contributed by atoms with Crippen molar-refractivity contribution in [2.75, 3.05) is 5.01 Å². The predicted molar refractivity (Wildman–Crippen MR) is 49.1 cm³/mol. The van der Waals surface area contributed by atoms with Gasteiger partial charge in [-0.3, -0.25) is 4.79 Å². The Morgan fingerprint density at radius 3 is 2.00 bits per heavy atom. The van der Waals surface area contributed by atoms with E-state index in [1.165, 1.54) is 0 Å². The van der Waals surface area contributed by atoms with Gasteiger partial charge in [-0.15, -0.1) is 0 Å². The summed E-state index contributed by atoms with van der Waals surface area (Å²) in [6.07, 6.45) is -7.85. The number of carbonyl (C=O) groups is 1. The molecule has 1 amide bonds. The Kier molecular flexibility index (Phi) is 3.66. The number of nitrogens with zero attached hydrogens (tertiary/aromatic N) is 1. The number of hydrogen-bond acceptors (Lipinski definition) is 2. The van der Waals surface area contributed by atoms with Gasteiger partial charge in [-0.2, -0.15) is 22.0 Å². The molecule has 1 rings (SSSR count). The number of hydrogen-bond donors (Lipinski definition) is 1. The van der Waals surface area contributed by atoms with E-state index in [0.29, 0.717) is 12.1 Å². The molecule has 0 spiro atoms. The van der Waals surface area contributed by atoms with Crippen molar-refractivity contribution < 1.29 is 26.7 Å². The van der Waals surface area contributed by atoms with Gasteiger partial charge in [-0.25, -0.2) is 10.9 Å². The lowest BCUT2D eigenvalue weighted by atomic mass is 10.2. The minimum Gasteiger partial charge on any atom is -0.266 e. The Labute approximate surface area is 92.6 Å². The van der Waals surface area contributed by atoms with E-state index in [0.717, 1.165) is 12.1 Å². The smallest absolute Gasteiger partial charge is 0.266 e. The highest BCUT2D eigenvalue weighted by Crippen LogP contribution is 2.30. The molecule has 0 aromatic heterocycles. The molecule has 0 saturated heterocycles. The molecular weight excluding hydrogens is 247 g/mol. The summed E-state index contributed by atoms with van der Waals surface area (Å²) < 4.78 is 60.5. The molecule has 0 bridgehead atoms. The maximum atomic E-state index is 12.2. The molecule has 17 heavy (non-hydrogen) atoms. The van der Waals surface area contributed by atoms with Gasteiger partial charge in [0.25, 0.3) is 0 Å². The molecule has 0 aliphatic heterocycles. The molecule has 1 aromatic carbocycles. The van der Waals surface area contributed by atoms with Crippen molar-refractivity contribution in [2.45, 2.75) is 12.6 Å². The number of halogens is 5. The van der Waals surface area contributed by atoms with Crippen LogP contribution >= 0.6 is 0 Å². The van der Waals surface area contributed by atoms with E-state index in [-0.39, 0.29) is 10.7 Å². The minimum absolute atomic E-state index is 0.102. The monoisotopic (exact) mass is 254 g/mol. The number of hydrazine groups is 1. The fourth-order valence-electron chi connectivity index (χ4n) is 1.04. The van der Waals surface area contributed by atoms with Crippen molar-refractivity contribution in [3.8, 4) is 0 Å². The summed E-state index contributed by atoms with van der Waals surface area (Å²) in [6, 6.07) is 2.97. The molecule has 0 aliphatic rings. The van der Waals surface area contributed by atoms with Crippen LogP contribution in [0.3, 0.4) is 0 Å². The highest BCUT2D eigenvalue weighted by molar-refractivity contribution is 5.94. The van der Waals surface area contributed by atoms with Gasteiger partial charge in [0.2, 0.25) is 0 Å². The third kappa shape index (κ3) is 3.13. The van der Waals surface area contributed by atoms with Crippen LogP contribution in [0.1, 0.15) is 5.56 Å². The fraction of sp³-hybridized carbons (Fsp3) is 0.222. The molecule has 3 nitrogen and oxygen atoms in total. The van der Waals surface area contributed by atoms with Crippen LogP contribution in [0.15, 0.2) is 24.3 Å². The summed E-state index contributed by atoms with van der Waals surface area (Å²) in [4.78, 5) is 10.8. The van der Waals surface area contributed by atoms with Crippen molar-refractivity contribution in [1.82, 2.24) is 0 Å². The molecule has 0 saturated carbocycles. The lowest BCUT2D eigenvalue weighted by molar-refractivity contribution is -0.137. The Bertz CT molecular complexity index is 401. The average molecular weight is 254 g/mol. The summed E-state index contributed by atoms with van der Waals surface area (Å²) in [5.74, 6) is 3.33. The molecule has 1 aromatic rings. The van der Waals surface area contributed by atoms with E-state index < -0.39 is 24.1 Å². The molecule has 0 heterocycles. The second-order valence-electron chi connectivity index (χ2n) is 3.05. The molecule has 8 heteroatoms. The summed E-state index contributed by atoms with van der Waals surface area (Å²) in [7, 11) is 0. The molecule has 0 unspecified atom stereocenters. The minimum atomic E-state index is -4.54. The van der Waals surface area contributed by atoms with E-state index in [4.69, 9.17) is 5.84 Å². The first-order chi connectivity index (χ1) is 7.73. The van der Waals surface area contributed by atoms with Crippen molar-refractivity contribution in [2.24, 2.45) is 5.84 Å². The standard InChI is InChI=1S/C9H7F5N2O/c10-7(11)8(17)16(15)6-3-1-5(2-4-6)9(12,13)14/h1-4,7H,15H2. The number of benzene rings is 1. The first kappa shape index (κ1) is 13.4. The van der Waals surface area contributed by atoms with Gasteiger partial charge in [0, 0.05) is 0 Å². The molecule has 0 aliphatic carbocycles. The zero-order valence-electron chi connectivity index (χ0n) is 8.21. The van der Waals surface area contributed by atoms with E-state index in [1.807, 2.05) is 0 Å². The van der Waals surface area contributed by atoms with Gasteiger partial charge in [-0.05, 0) is 24.3 Å². The third-order valence-electron chi connectivity index (χ3n) is 1.90. The molecule has 94 valence electrons. The summed E-state index contributed by atoms with van der Waals surface area (Å²) in [6.45, 7) is 0. The lowest BCUT2D eigenvalue weighted by Gasteiger charge is -2.16. The fourth-order valence-corrected chi connectivity index (χ4v) is 1.04. The molecule has 2 N–H and O–H groups in total. The molecule has 0 fully saturated rings. The van der Waals surface area contributed by atoms with Gasteiger partial charge in [-0.1, -0.05) is 0 Å². The lowest BCUT2D eigenvalue weighted by Crippen LogP contribution is -2.41. The van der Waals surface area contributed by atoms with E-state index in [2.05, 4.69) is 0 Å². The van der Waals surface area contributed by atoms with Crippen LogP contribution in [0.2, 0.25) is 0 Å². The SMILES string of the molecule is NN(C(=O)C(F)F)c1ccc(C(F)(F)F)cc1. The van der Waals surface area contributed by atoms with Crippen molar-refractivity contribution in [3.05, 3.63) is 29.8 Å². The first-order valence-electron chi connectivity index (χ1n) is 4.27. The van der Waals surface area contributed by atoms with Crippen LogP contribution < -0.4 is 10.9 Å². The van der Waals surface area contributed by atoms with Crippen molar-refractivity contribution in [3.63, 3.8) is 0 Å². The van der Waals surface area contributed by atoms with E-state index in [9.17, 15) is 26.7 Å². The maximum Gasteiger partial charge on any atom is 0.416 e. The van der Waals surface area contributed by atoms with Crippen LogP contribution in [-0.4, -0.2) is 12.3 Å². The van der Waals surface area contributed by atoms with Crippen molar-refractivity contribution >= 4 is 11.6 Å². The van der Waals surface area contributed by atoms with Crippen LogP contribution in [0, 0.1) is 0 Å². The number of carbonyl (C=O) groups excluding carboxylic acids is 1. The molecule has 0 radical (unpaired) electrons. The topological polar surface area (TPSA) is 46.3 Å². The second kappa shape index (κ2) is 4.66. The normalized spacial score (nSPS) is 11.7. The Morgan fingerprint density at radius 2 is 1.65 bits per heavy atom. The number of anilines is 1. The third-order valence-corrected chi connectivity index (χ3v) is 1.90. The van der Waals surface area contributed by atoms with Crippen LogP contribution in [0.4, 0.5) is 27.6 Å². The second-order valence-corrected chi connectivity index (χ2v) is 3.05. The van der Waals surface area contributed by atoms with Crippen molar-refractivity contribution in [1.29, 1.82) is 0 Å². The Hall–Kier alpha value is -1.70. The van der Waals surface area contributed by atoms with E-state index >= 15 is 0 Å². The highest BCUT2D eigenvalue weighted by atomic mass is 19.4. The van der Waals surface area contributed by atoms with Crippen LogP contribution in [0.25, 0.3) is 0 Å². The molecule has 0 atom stereocenters. The summed E-state index contributed by atoms with van der Waals surface area (Å²) >= 11 is 0. The summed E-state index contributed by atoms with van der Waals surface area (Å²) in [5.41, 5.74) is -1.21. The largest absolute Gasteiger partial charge is 0.416 e. The Morgan fingerprint density at radius 1 is 1.18 bits per heavy atom. The quantitative estimate of drug-likeness (QED) is 0.380. The Balaban J connectivity index is 2.92. The van der Waals surface area contributed by atoms with Gasteiger partial charge >= 0.3 is 18.5 Å². The van der Waals surface area contributed by atoms with Gasteiger partial charge in [0.15, 0.2) is 0 Å². The number of alkyl halides is 5.